The Kier molecular flexibility index (Phi) is 5.24. The van der Waals surface area contributed by atoms with E-state index < -0.39 is 11.8 Å². The number of hydrogen-bond donors (Lipinski definition) is 1. The zero-order valence-electron chi connectivity index (χ0n) is 13.8. The first-order valence-electron chi connectivity index (χ1n) is 7.85. The number of carbonyl (C=O) groups is 1. The molecule has 2 aromatic heterocycles. The average Bonchev–Trinajstić information content (AvgIpc) is 3.02. The molecule has 0 aromatic carbocycles. The summed E-state index contributed by atoms with van der Waals surface area (Å²) in [7, 11) is 0. The first-order valence-corrected chi connectivity index (χ1v) is 8.67. The van der Waals surface area contributed by atoms with Crippen LogP contribution in [0.3, 0.4) is 0 Å². The van der Waals surface area contributed by atoms with Gasteiger partial charge >= 0.3 is 0 Å². The van der Waals surface area contributed by atoms with Crippen molar-refractivity contribution in [2.24, 2.45) is 0 Å². The van der Waals surface area contributed by atoms with Gasteiger partial charge in [0, 0.05) is 44.7 Å². The van der Waals surface area contributed by atoms with Gasteiger partial charge in [0.2, 0.25) is 17.7 Å². The predicted octanol–water partition coefficient (Wildman–Crippen LogP) is 2.82. The lowest BCUT2D eigenvalue weighted by molar-refractivity contribution is -0.114. The van der Waals surface area contributed by atoms with Gasteiger partial charge in [-0.25, -0.2) is 9.37 Å². The second kappa shape index (κ2) is 7.40. The molecule has 0 unspecified atom stereocenters. The van der Waals surface area contributed by atoms with E-state index in [-0.39, 0.29) is 29.1 Å². The lowest BCUT2D eigenvalue weighted by Crippen LogP contribution is -2.28. The Morgan fingerprint density at radius 3 is 3.04 bits per heavy atom. The molecule has 1 N–H and O–H groups in total. The average molecular weight is 368 g/mol. The molecule has 6 nitrogen and oxygen atoms in total. The minimum absolute atomic E-state index is 0.143. The van der Waals surface area contributed by atoms with Crippen LogP contribution in [0.25, 0.3) is 0 Å². The smallest absolute Gasteiger partial charge is 0.230 e. The van der Waals surface area contributed by atoms with E-state index in [1.54, 1.807) is 0 Å². The molecule has 3 heterocycles. The van der Waals surface area contributed by atoms with Crippen LogP contribution in [-0.2, 0) is 11.3 Å². The molecule has 3 rings (SSSR count). The molecular formula is C16H18F2N4O2S. The van der Waals surface area contributed by atoms with Crippen molar-refractivity contribution in [3.8, 4) is 5.88 Å². The number of halogens is 2. The molecule has 0 bridgehead atoms. The number of amides is 1. The summed E-state index contributed by atoms with van der Waals surface area (Å²) in [6.07, 6.45) is 1.95. The summed E-state index contributed by atoms with van der Waals surface area (Å²) in [6, 6.07) is 2.68. The van der Waals surface area contributed by atoms with Gasteiger partial charge in [-0.3, -0.25) is 9.69 Å². The Morgan fingerprint density at radius 2 is 2.32 bits per heavy atom. The predicted molar refractivity (Wildman–Crippen MR) is 89.5 cm³/mol. The Bertz CT molecular complexity index is 770. The number of rotatable bonds is 5. The summed E-state index contributed by atoms with van der Waals surface area (Å²) in [6.45, 7) is 4.33. The molecule has 9 heteroatoms. The van der Waals surface area contributed by atoms with Crippen LogP contribution in [0.2, 0.25) is 0 Å². The van der Waals surface area contributed by atoms with E-state index in [0.29, 0.717) is 18.0 Å². The van der Waals surface area contributed by atoms with Crippen LogP contribution in [0.15, 0.2) is 18.3 Å². The maximum atomic E-state index is 14.0. The van der Waals surface area contributed by atoms with Crippen LogP contribution >= 0.6 is 11.3 Å². The van der Waals surface area contributed by atoms with E-state index in [9.17, 15) is 13.6 Å². The number of carbonyl (C=O) groups excluding carboxylic acids is 1. The molecule has 1 aliphatic rings. The Balaban J connectivity index is 1.62. The molecule has 25 heavy (non-hydrogen) atoms. The second-order valence-electron chi connectivity index (χ2n) is 5.98. The van der Waals surface area contributed by atoms with Crippen LogP contribution in [0.4, 0.5) is 13.9 Å². The number of ether oxygens (including phenoxy) is 1. The fraction of sp³-hybridized carbons (Fsp3) is 0.438. The molecule has 0 radical (unpaired) electrons. The van der Waals surface area contributed by atoms with Gasteiger partial charge in [0.1, 0.15) is 11.9 Å². The summed E-state index contributed by atoms with van der Waals surface area (Å²) >= 11 is 1.12. The number of likely N-dealkylation sites (tertiary alicyclic amines) is 1. The molecular weight excluding hydrogens is 350 g/mol. The van der Waals surface area contributed by atoms with E-state index in [1.165, 1.54) is 25.3 Å². The molecule has 1 saturated heterocycles. The maximum Gasteiger partial charge on any atom is 0.230 e. The third-order valence-electron chi connectivity index (χ3n) is 3.93. The van der Waals surface area contributed by atoms with E-state index in [1.807, 2.05) is 6.92 Å². The molecule has 1 amide bonds. The van der Waals surface area contributed by atoms with Crippen LogP contribution < -0.4 is 10.1 Å². The van der Waals surface area contributed by atoms with Gasteiger partial charge < -0.3 is 10.1 Å². The van der Waals surface area contributed by atoms with Gasteiger partial charge in [-0.2, -0.15) is 9.37 Å². The largest absolute Gasteiger partial charge is 0.473 e. The molecule has 134 valence electrons. The van der Waals surface area contributed by atoms with Gasteiger partial charge in [-0.05, 0) is 13.0 Å². The highest BCUT2D eigenvalue weighted by molar-refractivity contribution is 7.15. The van der Waals surface area contributed by atoms with Crippen LogP contribution in [-0.4, -0.2) is 39.5 Å². The number of anilines is 1. The van der Waals surface area contributed by atoms with Crippen molar-refractivity contribution in [1.82, 2.24) is 14.9 Å². The number of nitrogens with zero attached hydrogens (tertiary/aromatic N) is 3. The minimum Gasteiger partial charge on any atom is -0.473 e. The van der Waals surface area contributed by atoms with Crippen molar-refractivity contribution in [1.29, 1.82) is 0 Å². The highest BCUT2D eigenvalue weighted by Gasteiger charge is 2.32. The van der Waals surface area contributed by atoms with Crippen molar-refractivity contribution >= 4 is 22.4 Å². The summed E-state index contributed by atoms with van der Waals surface area (Å²) < 4.78 is 32.9. The molecule has 1 fully saturated rings. The van der Waals surface area contributed by atoms with E-state index in [0.717, 1.165) is 17.8 Å². The standard InChI is InChI=1S/C16H18F2N4O2S/c1-9-5-12(24-14-6-11(17)3-4-19-14)7-22(9)8-13-15(18)21-16(25-13)20-10(2)23/h3-4,6,9,12H,5,7-8H2,1-2H3,(H,20,21,23)/t9-,12+/m0/s1. The molecule has 0 saturated carbocycles. The number of nitrogens with one attached hydrogen (secondary N) is 1. The van der Waals surface area contributed by atoms with Crippen LogP contribution in [0, 0.1) is 11.8 Å². The third kappa shape index (κ3) is 4.49. The summed E-state index contributed by atoms with van der Waals surface area (Å²) in [5.74, 6) is -1.01. The van der Waals surface area contributed by atoms with Gasteiger partial charge in [0.15, 0.2) is 5.13 Å². The maximum absolute atomic E-state index is 14.0. The van der Waals surface area contributed by atoms with Gasteiger partial charge in [0.05, 0.1) is 4.88 Å². The number of pyridine rings is 1. The Labute approximate surface area is 147 Å². The first kappa shape index (κ1) is 17.7. The van der Waals surface area contributed by atoms with Crippen LogP contribution in [0.1, 0.15) is 25.1 Å². The molecule has 2 atom stereocenters. The van der Waals surface area contributed by atoms with Gasteiger partial charge in [0.25, 0.3) is 0 Å². The lowest BCUT2D eigenvalue weighted by atomic mass is 10.2. The van der Waals surface area contributed by atoms with Crippen molar-refractivity contribution in [2.75, 3.05) is 11.9 Å². The van der Waals surface area contributed by atoms with Crippen molar-refractivity contribution in [3.05, 3.63) is 35.0 Å². The highest BCUT2D eigenvalue weighted by Crippen LogP contribution is 2.28. The zero-order chi connectivity index (χ0) is 18.0. The Morgan fingerprint density at radius 1 is 1.52 bits per heavy atom. The van der Waals surface area contributed by atoms with Gasteiger partial charge in [-0.1, -0.05) is 11.3 Å². The van der Waals surface area contributed by atoms with E-state index >= 15 is 0 Å². The summed E-state index contributed by atoms with van der Waals surface area (Å²) in [4.78, 5) is 21.3. The van der Waals surface area contributed by atoms with Crippen molar-refractivity contribution < 1.29 is 18.3 Å². The first-order chi connectivity index (χ1) is 11.9. The third-order valence-corrected chi connectivity index (χ3v) is 4.86. The van der Waals surface area contributed by atoms with Crippen LogP contribution in [0.5, 0.6) is 5.88 Å². The van der Waals surface area contributed by atoms with E-state index in [4.69, 9.17) is 4.74 Å². The van der Waals surface area contributed by atoms with Crippen molar-refractivity contribution in [3.63, 3.8) is 0 Å². The second-order valence-corrected chi connectivity index (χ2v) is 7.06. The minimum atomic E-state index is -0.572. The number of hydrogen-bond acceptors (Lipinski definition) is 6. The normalized spacial score (nSPS) is 20.6. The molecule has 1 aliphatic heterocycles. The fourth-order valence-electron chi connectivity index (χ4n) is 2.79. The number of aromatic nitrogens is 2. The Hall–Kier alpha value is -2.13. The summed E-state index contributed by atoms with van der Waals surface area (Å²) in [5.41, 5.74) is 0. The molecule has 0 aliphatic carbocycles. The SMILES string of the molecule is CC(=O)Nc1nc(F)c(CN2C[C@H](Oc3cc(F)ccn3)C[C@@H]2C)s1. The summed E-state index contributed by atoms with van der Waals surface area (Å²) in [5, 5.41) is 2.74. The fourth-order valence-corrected chi connectivity index (χ4v) is 3.71. The molecule has 2 aromatic rings. The zero-order valence-corrected chi connectivity index (χ0v) is 14.6. The lowest BCUT2D eigenvalue weighted by Gasteiger charge is -2.19. The van der Waals surface area contributed by atoms with Crippen molar-refractivity contribution in [2.45, 2.75) is 39.0 Å². The monoisotopic (exact) mass is 368 g/mol. The van der Waals surface area contributed by atoms with E-state index in [2.05, 4.69) is 20.2 Å². The van der Waals surface area contributed by atoms with Gasteiger partial charge in [-0.15, -0.1) is 0 Å². The quantitative estimate of drug-likeness (QED) is 0.879. The highest BCUT2D eigenvalue weighted by atomic mass is 32.1. The topological polar surface area (TPSA) is 67.4 Å². The molecule has 0 spiro atoms. The number of thiazole rings is 1.